The van der Waals surface area contributed by atoms with E-state index >= 15 is 0 Å². The number of hydrogen-bond acceptors (Lipinski definition) is 3. The van der Waals surface area contributed by atoms with Gasteiger partial charge in [0.15, 0.2) is 0 Å². The molecule has 50 valence electrons. The van der Waals surface area contributed by atoms with Gasteiger partial charge in [-0.15, -0.1) is 0 Å². The lowest BCUT2D eigenvalue weighted by molar-refractivity contribution is 0.0669. The molecule has 0 rings (SSSR count). The molecule has 3 heteroatoms. The highest BCUT2D eigenvalue weighted by Crippen LogP contribution is 1.78. The Bertz CT molecular complexity index is 49.7. The fraction of sp³-hybridized carbons (Fsp3) is 1.00. The van der Waals surface area contributed by atoms with E-state index in [0.717, 1.165) is 13.1 Å². The van der Waals surface area contributed by atoms with Gasteiger partial charge in [-0.25, -0.2) is 5.90 Å². The van der Waals surface area contributed by atoms with Crippen LogP contribution in [0.15, 0.2) is 0 Å². The molecule has 0 aromatic heterocycles. The normalized spacial score (nSPS) is 13.9. The summed E-state index contributed by atoms with van der Waals surface area (Å²) in [4.78, 5) is 4.49. The molecule has 1 atom stereocenters. The third kappa shape index (κ3) is 4.05. The molecule has 0 aromatic rings. The predicted octanol–water partition coefficient (Wildman–Crippen LogP) is -0.125. The van der Waals surface area contributed by atoms with E-state index in [-0.39, 0.29) is 6.10 Å². The van der Waals surface area contributed by atoms with E-state index in [4.69, 9.17) is 5.90 Å². The van der Waals surface area contributed by atoms with Crippen molar-refractivity contribution in [3.05, 3.63) is 0 Å². The molecule has 0 spiro atoms. The highest BCUT2D eigenvalue weighted by Gasteiger charge is 1.94. The van der Waals surface area contributed by atoms with E-state index in [2.05, 4.69) is 10.2 Å². The zero-order valence-electron chi connectivity index (χ0n) is 5.48. The zero-order chi connectivity index (χ0) is 6.41. The van der Waals surface area contributed by atoms with Crippen LogP contribution in [-0.4, -0.2) is 19.2 Å². The van der Waals surface area contributed by atoms with Gasteiger partial charge in [0.05, 0.1) is 6.10 Å². The molecule has 0 amide bonds. The number of hydrogen-bond donors (Lipinski definition) is 2. The maximum absolute atomic E-state index is 4.87. The Morgan fingerprint density at radius 1 is 1.75 bits per heavy atom. The van der Waals surface area contributed by atoms with Crippen molar-refractivity contribution in [1.29, 1.82) is 0 Å². The van der Waals surface area contributed by atoms with Crippen molar-refractivity contribution in [2.75, 3.05) is 13.1 Å². The number of likely N-dealkylation sites (N-methyl/N-ethyl adjacent to an activating group) is 1. The Morgan fingerprint density at radius 3 is 2.75 bits per heavy atom. The van der Waals surface area contributed by atoms with Gasteiger partial charge in [0.25, 0.3) is 0 Å². The Hall–Kier alpha value is -0.120. The van der Waals surface area contributed by atoms with Crippen LogP contribution in [0.4, 0.5) is 0 Å². The van der Waals surface area contributed by atoms with E-state index in [9.17, 15) is 0 Å². The van der Waals surface area contributed by atoms with Gasteiger partial charge < -0.3 is 10.2 Å². The summed E-state index contributed by atoms with van der Waals surface area (Å²) in [5.41, 5.74) is 0. The number of rotatable bonds is 4. The molecule has 3 N–H and O–H groups in total. The molecule has 1 unspecified atom stereocenters. The van der Waals surface area contributed by atoms with E-state index < -0.39 is 0 Å². The molecule has 8 heavy (non-hydrogen) atoms. The molecule has 0 aliphatic carbocycles. The van der Waals surface area contributed by atoms with Gasteiger partial charge in [0.1, 0.15) is 0 Å². The lowest BCUT2D eigenvalue weighted by Crippen LogP contribution is -2.28. The third-order valence-electron chi connectivity index (χ3n) is 0.914. The van der Waals surface area contributed by atoms with Gasteiger partial charge in [-0.05, 0) is 13.5 Å². The second kappa shape index (κ2) is 5.03. The molecule has 0 heterocycles. The zero-order valence-corrected chi connectivity index (χ0v) is 5.48. The van der Waals surface area contributed by atoms with Crippen molar-refractivity contribution in [2.45, 2.75) is 20.0 Å². The molecular formula is C5H14N2O. The fourth-order valence-corrected chi connectivity index (χ4v) is 0.396. The Kier molecular flexibility index (Phi) is 4.95. The molecule has 0 fully saturated rings. The summed E-state index contributed by atoms with van der Waals surface area (Å²) in [6.45, 7) is 5.76. The van der Waals surface area contributed by atoms with Crippen LogP contribution in [0.25, 0.3) is 0 Å². The van der Waals surface area contributed by atoms with Gasteiger partial charge >= 0.3 is 0 Å². The van der Waals surface area contributed by atoms with Crippen LogP contribution in [0.1, 0.15) is 13.8 Å². The van der Waals surface area contributed by atoms with Crippen LogP contribution >= 0.6 is 0 Å². The average molecular weight is 118 g/mol. The largest absolute Gasteiger partial charge is 0.314 e. The van der Waals surface area contributed by atoms with E-state index in [1.165, 1.54) is 0 Å². The smallest absolute Gasteiger partial charge is 0.0883 e. The van der Waals surface area contributed by atoms with Crippen molar-refractivity contribution in [3.63, 3.8) is 0 Å². The quantitative estimate of drug-likeness (QED) is 0.506. The number of nitrogens with two attached hydrogens (primary N) is 1. The third-order valence-corrected chi connectivity index (χ3v) is 0.914. The van der Waals surface area contributed by atoms with Crippen LogP contribution in [0, 0.1) is 0 Å². The summed E-state index contributed by atoms with van der Waals surface area (Å²) in [6.07, 6.45) is 0.120. The summed E-state index contributed by atoms with van der Waals surface area (Å²) in [7, 11) is 0. The fourth-order valence-electron chi connectivity index (χ4n) is 0.396. The van der Waals surface area contributed by atoms with Crippen LogP contribution in [0.2, 0.25) is 0 Å². The molecular weight excluding hydrogens is 104 g/mol. The lowest BCUT2D eigenvalue weighted by Gasteiger charge is -2.06. The van der Waals surface area contributed by atoms with Gasteiger partial charge in [-0.3, -0.25) is 0 Å². The van der Waals surface area contributed by atoms with Gasteiger partial charge in [0.2, 0.25) is 0 Å². The molecule has 0 bridgehead atoms. The van der Waals surface area contributed by atoms with Gasteiger partial charge in [-0.2, -0.15) is 0 Å². The first-order valence-electron chi connectivity index (χ1n) is 2.87. The van der Waals surface area contributed by atoms with Gasteiger partial charge in [-0.1, -0.05) is 6.92 Å². The van der Waals surface area contributed by atoms with E-state index in [1.807, 2.05) is 13.8 Å². The van der Waals surface area contributed by atoms with Crippen LogP contribution in [-0.2, 0) is 4.84 Å². The molecule has 0 aromatic carbocycles. The van der Waals surface area contributed by atoms with Crippen molar-refractivity contribution in [3.8, 4) is 0 Å². The maximum Gasteiger partial charge on any atom is 0.0883 e. The van der Waals surface area contributed by atoms with Crippen molar-refractivity contribution < 1.29 is 4.84 Å². The minimum Gasteiger partial charge on any atom is -0.314 e. The lowest BCUT2D eigenvalue weighted by atomic mass is 10.4. The first-order valence-corrected chi connectivity index (χ1v) is 2.87. The van der Waals surface area contributed by atoms with E-state index in [0.29, 0.717) is 0 Å². The first kappa shape index (κ1) is 7.88. The standard InChI is InChI=1S/C5H14N2O/c1-3-7-4-5(2)8-6/h5,7H,3-4,6H2,1-2H3. The van der Waals surface area contributed by atoms with Gasteiger partial charge in [0, 0.05) is 6.54 Å². The molecule has 0 saturated heterocycles. The predicted molar refractivity (Wildman–Crippen MR) is 33.3 cm³/mol. The molecule has 0 radical (unpaired) electrons. The molecule has 0 saturated carbocycles. The minimum atomic E-state index is 0.120. The second-order valence-corrected chi connectivity index (χ2v) is 1.75. The van der Waals surface area contributed by atoms with E-state index in [1.54, 1.807) is 0 Å². The first-order chi connectivity index (χ1) is 3.81. The number of nitrogens with one attached hydrogen (secondary N) is 1. The molecule has 3 nitrogen and oxygen atoms in total. The van der Waals surface area contributed by atoms with Crippen molar-refractivity contribution >= 4 is 0 Å². The maximum atomic E-state index is 4.87. The average Bonchev–Trinajstić information content (AvgIpc) is 1.83. The Balaban J connectivity index is 2.86. The van der Waals surface area contributed by atoms with Crippen LogP contribution in [0.3, 0.4) is 0 Å². The highest BCUT2D eigenvalue weighted by molar-refractivity contribution is 4.50. The summed E-state index contributed by atoms with van der Waals surface area (Å²) in [5, 5.41) is 3.09. The second-order valence-electron chi connectivity index (χ2n) is 1.75. The summed E-state index contributed by atoms with van der Waals surface area (Å²) in [6, 6.07) is 0. The van der Waals surface area contributed by atoms with Crippen LogP contribution < -0.4 is 11.2 Å². The Morgan fingerprint density at radius 2 is 2.38 bits per heavy atom. The molecule has 0 aliphatic rings. The van der Waals surface area contributed by atoms with Crippen LogP contribution in [0.5, 0.6) is 0 Å². The van der Waals surface area contributed by atoms with Crippen molar-refractivity contribution in [2.24, 2.45) is 5.90 Å². The highest BCUT2D eigenvalue weighted by atomic mass is 16.6. The monoisotopic (exact) mass is 118 g/mol. The summed E-state index contributed by atoms with van der Waals surface area (Å²) < 4.78 is 0. The summed E-state index contributed by atoms with van der Waals surface area (Å²) >= 11 is 0. The molecule has 0 aliphatic heterocycles. The SMILES string of the molecule is CCNCC(C)ON. The minimum absolute atomic E-state index is 0.120. The Labute approximate surface area is 50.2 Å². The topological polar surface area (TPSA) is 47.3 Å². The summed E-state index contributed by atoms with van der Waals surface area (Å²) in [5.74, 6) is 4.87. The van der Waals surface area contributed by atoms with Crippen molar-refractivity contribution in [1.82, 2.24) is 5.32 Å².